The van der Waals surface area contributed by atoms with Crippen molar-refractivity contribution in [2.45, 2.75) is 32.0 Å². The van der Waals surface area contributed by atoms with Crippen LogP contribution in [0.25, 0.3) is 10.9 Å². The summed E-state index contributed by atoms with van der Waals surface area (Å²) in [4.78, 5) is 30.9. The fraction of sp³-hybridized carbons (Fsp3) is 0.524. The molecule has 1 saturated heterocycles. The molecule has 1 fully saturated rings. The Balaban J connectivity index is 2.14. The molecular formula is C21H25F3N4O3. The molecule has 0 saturated carbocycles. The van der Waals surface area contributed by atoms with Crippen LogP contribution in [0.4, 0.5) is 24.5 Å². The lowest BCUT2D eigenvalue weighted by Gasteiger charge is -2.53. The molecule has 7 nitrogen and oxygen atoms in total. The first-order valence-electron chi connectivity index (χ1n) is 10.0. The quantitative estimate of drug-likeness (QED) is 0.528. The zero-order valence-electron chi connectivity index (χ0n) is 18.1. The van der Waals surface area contributed by atoms with Gasteiger partial charge >= 0.3 is 5.97 Å². The van der Waals surface area contributed by atoms with E-state index in [4.69, 9.17) is 4.74 Å². The molecule has 2 aliphatic rings. The van der Waals surface area contributed by atoms with E-state index in [1.807, 2.05) is 23.8 Å². The third kappa shape index (κ3) is 2.91. The van der Waals surface area contributed by atoms with Crippen LogP contribution in [0.2, 0.25) is 0 Å². The van der Waals surface area contributed by atoms with Gasteiger partial charge in [-0.25, -0.2) is 18.0 Å². The number of methoxy groups -OCH3 is 1. The number of ether oxygens (including phenoxy) is 1. The maximum absolute atomic E-state index is 15.1. The second kappa shape index (κ2) is 7.44. The molecule has 0 radical (unpaired) electrons. The summed E-state index contributed by atoms with van der Waals surface area (Å²) in [6.07, 6.45) is 0. The van der Waals surface area contributed by atoms with Crippen LogP contribution >= 0.6 is 0 Å². The van der Waals surface area contributed by atoms with Gasteiger partial charge < -0.3 is 19.1 Å². The summed E-state index contributed by atoms with van der Waals surface area (Å²) in [5.41, 5.74) is -0.758. The number of nitrogens with zero attached hydrogens (tertiary/aromatic N) is 4. The van der Waals surface area contributed by atoms with Crippen molar-refractivity contribution in [3.8, 4) is 0 Å². The largest absolute Gasteiger partial charge is 0.467 e. The van der Waals surface area contributed by atoms with E-state index in [0.29, 0.717) is 13.1 Å². The molecule has 0 N–H and O–H groups in total. The fourth-order valence-electron chi connectivity index (χ4n) is 4.80. The summed E-state index contributed by atoms with van der Waals surface area (Å²) in [5.74, 6) is -2.27. The summed E-state index contributed by atoms with van der Waals surface area (Å²) >= 11 is 0. The van der Waals surface area contributed by atoms with Crippen molar-refractivity contribution < 1.29 is 22.7 Å². The van der Waals surface area contributed by atoms with E-state index in [0.717, 1.165) is 9.47 Å². The van der Waals surface area contributed by atoms with Crippen LogP contribution in [-0.4, -0.2) is 67.6 Å². The molecule has 1 aromatic heterocycles. The van der Waals surface area contributed by atoms with Gasteiger partial charge in [-0.1, -0.05) is 0 Å². The molecule has 1 aromatic carbocycles. The molecule has 0 spiro atoms. The van der Waals surface area contributed by atoms with Gasteiger partial charge in [-0.05, 0) is 27.0 Å². The van der Waals surface area contributed by atoms with E-state index in [9.17, 15) is 18.4 Å². The van der Waals surface area contributed by atoms with Crippen LogP contribution in [0.5, 0.6) is 0 Å². The summed E-state index contributed by atoms with van der Waals surface area (Å²) in [6.45, 7) is 2.91. The molecule has 3 heterocycles. The standard InChI is InChI=1S/C21H25F3N4O3/c1-10-7-27-14(8-25(10)3)18(21(30)31-5)28(9-22)19-17(27)12-6-13(23)11(2)15(24)16(12)26(4)20(19)29/h6,10,14,18H,7-9H2,1-5H3. The minimum absolute atomic E-state index is 0.0265. The Morgan fingerprint density at radius 3 is 2.52 bits per heavy atom. The molecule has 3 unspecified atom stereocenters. The number of piperazine rings is 1. The molecule has 0 aliphatic carbocycles. The highest BCUT2D eigenvalue weighted by Crippen LogP contribution is 2.44. The number of pyridine rings is 1. The van der Waals surface area contributed by atoms with Crippen molar-refractivity contribution in [3.05, 3.63) is 33.6 Å². The van der Waals surface area contributed by atoms with E-state index in [1.165, 1.54) is 27.1 Å². The number of hydrogen-bond donors (Lipinski definition) is 0. The van der Waals surface area contributed by atoms with Crippen LogP contribution < -0.4 is 15.4 Å². The number of carbonyl (C=O) groups excluding carboxylic acids is 1. The third-order valence-electron chi connectivity index (χ3n) is 6.68. The number of aryl methyl sites for hydroxylation is 1. The number of alkyl halides is 1. The maximum atomic E-state index is 15.1. The van der Waals surface area contributed by atoms with Crippen molar-refractivity contribution in [2.24, 2.45) is 7.05 Å². The van der Waals surface area contributed by atoms with Gasteiger partial charge in [0.15, 0.2) is 18.7 Å². The van der Waals surface area contributed by atoms with Crippen molar-refractivity contribution >= 4 is 28.2 Å². The van der Waals surface area contributed by atoms with Crippen LogP contribution in [0.15, 0.2) is 10.9 Å². The normalized spacial score (nSPS) is 23.7. The van der Waals surface area contributed by atoms with E-state index >= 15 is 4.39 Å². The molecule has 0 amide bonds. The smallest absolute Gasteiger partial charge is 0.330 e. The van der Waals surface area contributed by atoms with Gasteiger partial charge in [0.1, 0.15) is 11.5 Å². The van der Waals surface area contributed by atoms with Crippen molar-refractivity contribution in [3.63, 3.8) is 0 Å². The van der Waals surface area contributed by atoms with Crippen molar-refractivity contribution in [1.29, 1.82) is 0 Å². The number of halogens is 3. The highest BCUT2D eigenvalue weighted by atomic mass is 19.1. The topological polar surface area (TPSA) is 58.0 Å². The van der Waals surface area contributed by atoms with Crippen LogP contribution in [-0.2, 0) is 16.6 Å². The second-order valence-electron chi connectivity index (χ2n) is 8.32. The minimum Gasteiger partial charge on any atom is -0.467 e. The molecule has 4 rings (SSSR count). The number of fused-ring (bicyclic) bond motifs is 5. The average Bonchev–Trinajstić information content (AvgIpc) is 2.74. The monoisotopic (exact) mass is 438 g/mol. The number of aromatic nitrogens is 1. The first-order valence-corrected chi connectivity index (χ1v) is 10.0. The Labute approximate surface area is 177 Å². The first-order chi connectivity index (χ1) is 14.6. The Kier molecular flexibility index (Phi) is 5.15. The van der Waals surface area contributed by atoms with Gasteiger partial charge in [0.25, 0.3) is 5.56 Å². The zero-order chi connectivity index (χ0) is 22.8. The predicted molar refractivity (Wildman–Crippen MR) is 111 cm³/mol. The number of hydrogen-bond acceptors (Lipinski definition) is 6. The summed E-state index contributed by atoms with van der Waals surface area (Å²) in [6, 6.07) is -0.443. The number of likely N-dealkylation sites (N-methyl/N-ethyl adjacent to an activating group) is 1. The molecule has 2 aromatic rings. The van der Waals surface area contributed by atoms with Gasteiger partial charge in [0.05, 0.1) is 24.4 Å². The second-order valence-corrected chi connectivity index (χ2v) is 8.32. The van der Waals surface area contributed by atoms with E-state index in [2.05, 4.69) is 0 Å². The highest BCUT2D eigenvalue weighted by Gasteiger charge is 2.49. The van der Waals surface area contributed by atoms with Gasteiger partial charge in [0, 0.05) is 37.1 Å². The molecule has 2 aliphatic heterocycles. The molecule has 3 atom stereocenters. The van der Waals surface area contributed by atoms with Gasteiger partial charge in [-0.15, -0.1) is 0 Å². The van der Waals surface area contributed by atoms with Crippen LogP contribution in [0.1, 0.15) is 12.5 Å². The molecule has 10 heteroatoms. The Morgan fingerprint density at radius 1 is 1.23 bits per heavy atom. The Bertz CT molecular complexity index is 1140. The lowest BCUT2D eigenvalue weighted by atomic mass is 9.92. The minimum atomic E-state index is -1.13. The number of anilines is 2. The highest BCUT2D eigenvalue weighted by molar-refractivity contribution is 6.02. The SMILES string of the molecule is COC(=O)C1C2CN(C)C(C)CN2c2c(c(=O)n(C)c3c(F)c(C)c(F)cc23)N1CF. The molecular weight excluding hydrogens is 413 g/mol. The summed E-state index contributed by atoms with van der Waals surface area (Å²) < 4.78 is 50.0. The van der Waals surface area contributed by atoms with Crippen molar-refractivity contribution in [1.82, 2.24) is 9.47 Å². The van der Waals surface area contributed by atoms with Crippen LogP contribution in [0.3, 0.4) is 0 Å². The summed E-state index contributed by atoms with van der Waals surface area (Å²) in [7, 11) is 4.45. The lowest BCUT2D eigenvalue weighted by Crippen LogP contribution is -2.69. The van der Waals surface area contributed by atoms with E-state index < -0.39 is 42.0 Å². The van der Waals surface area contributed by atoms with Gasteiger partial charge in [-0.3, -0.25) is 9.69 Å². The first kappa shape index (κ1) is 21.5. The fourth-order valence-corrected chi connectivity index (χ4v) is 4.80. The number of esters is 1. The van der Waals surface area contributed by atoms with Crippen LogP contribution in [0, 0.1) is 18.6 Å². The van der Waals surface area contributed by atoms with Gasteiger partial charge in [-0.2, -0.15) is 0 Å². The molecule has 31 heavy (non-hydrogen) atoms. The number of rotatable bonds is 2. The van der Waals surface area contributed by atoms with Crippen molar-refractivity contribution in [2.75, 3.05) is 43.8 Å². The maximum Gasteiger partial charge on any atom is 0.330 e. The zero-order valence-corrected chi connectivity index (χ0v) is 18.1. The average molecular weight is 438 g/mol. The summed E-state index contributed by atoms with van der Waals surface area (Å²) in [5, 5.41) is 0.168. The molecule has 168 valence electrons. The van der Waals surface area contributed by atoms with Gasteiger partial charge in [0.2, 0.25) is 0 Å². The molecule has 0 bridgehead atoms. The van der Waals surface area contributed by atoms with E-state index in [1.54, 1.807) is 0 Å². The Hall–Kier alpha value is -2.75. The number of carbonyl (C=O) groups is 1. The number of benzene rings is 1. The Morgan fingerprint density at radius 2 is 1.90 bits per heavy atom. The predicted octanol–water partition coefficient (Wildman–Crippen LogP) is 1.92. The lowest BCUT2D eigenvalue weighted by molar-refractivity contribution is -0.143. The third-order valence-corrected chi connectivity index (χ3v) is 6.68. The van der Waals surface area contributed by atoms with E-state index in [-0.39, 0.29) is 33.9 Å².